The Hall–Kier alpha value is -2.59. The van der Waals surface area contributed by atoms with Crippen LogP contribution in [0.5, 0.6) is 6.01 Å². The van der Waals surface area contributed by atoms with Gasteiger partial charge in [-0.1, -0.05) is 12.1 Å². The molecule has 1 fully saturated rings. The molecule has 9 nitrogen and oxygen atoms in total. The van der Waals surface area contributed by atoms with Crippen molar-refractivity contribution in [1.29, 1.82) is 0 Å². The molecule has 1 unspecified atom stereocenters. The molecule has 2 heterocycles. The van der Waals surface area contributed by atoms with E-state index in [1.165, 1.54) is 28.6 Å². The lowest BCUT2D eigenvalue weighted by Gasteiger charge is -2.31. The standard InChI is InChI=1S/C17H20N4O5S/c1-12-10-13(2)19-17(18-12)26-14-6-5-9-20(11-14)27(24,25)16-8-4-3-7-15(16)21(22)23/h3-4,7-8,10,14H,5-6,9,11H2,1-2H3. The number of ether oxygens (including phenoxy) is 1. The maximum atomic E-state index is 13.0. The summed E-state index contributed by atoms with van der Waals surface area (Å²) < 4.78 is 32.9. The SMILES string of the molecule is Cc1cc(C)nc(OC2CCCN(S(=O)(=O)c3ccccc3[N+](=O)[O-])C2)n1. The van der Waals surface area contributed by atoms with Crippen molar-refractivity contribution in [2.75, 3.05) is 13.1 Å². The van der Waals surface area contributed by atoms with Gasteiger partial charge in [0.1, 0.15) is 6.10 Å². The Labute approximate surface area is 157 Å². The van der Waals surface area contributed by atoms with E-state index in [9.17, 15) is 18.5 Å². The van der Waals surface area contributed by atoms with Gasteiger partial charge in [-0.3, -0.25) is 10.1 Å². The number of para-hydroxylation sites is 1. The minimum atomic E-state index is -4.01. The van der Waals surface area contributed by atoms with Gasteiger partial charge in [0.15, 0.2) is 4.90 Å². The highest BCUT2D eigenvalue weighted by atomic mass is 32.2. The Morgan fingerprint density at radius 3 is 2.56 bits per heavy atom. The molecule has 2 aromatic rings. The summed E-state index contributed by atoms with van der Waals surface area (Å²) in [5.41, 5.74) is 1.09. The van der Waals surface area contributed by atoms with Crippen molar-refractivity contribution in [3.05, 3.63) is 51.8 Å². The van der Waals surface area contributed by atoms with Crippen LogP contribution in [0.2, 0.25) is 0 Å². The summed E-state index contributed by atoms with van der Waals surface area (Å²) in [5, 5.41) is 11.2. The molecular formula is C17H20N4O5S. The highest BCUT2D eigenvalue weighted by molar-refractivity contribution is 7.89. The van der Waals surface area contributed by atoms with Crippen molar-refractivity contribution in [3.8, 4) is 6.01 Å². The third-order valence-electron chi connectivity index (χ3n) is 4.25. The number of nitro benzene ring substituents is 1. The fraction of sp³-hybridized carbons (Fsp3) is 0.412. The van der Waals surface area contributed by atoms with E-state index in [-0.39, 0.29) is 24.0 Å². The first-order valence-electron chi connectivity index (χ1n) is 8.50. The summed E-state index contributed by atoms with van der Waals surface area (Å²) in [6.45, 7) is 4.02. The highest BCUT2D eigenvalue weighted by Crippen LogP contribution is 2.28. The summed E-state index contributed by atoms with van der Waals surface area (Å²) in [4.78, 5) is 18.6. The van der Waals surface area contributed by atoms with Crippen LogP contribution in [0.1, 0.15) is 24.2 Å². The molecule has 3 rings (SSSR count). The maximum Gasteiger partial charge on any atom is 0.317 e. The maximum absolute atomic E-state index is 13.0. The third kappa shape index (κ3) is 4.22. The Morgan fingerprint density at radius 1 is 1.22 bits per heavy atom. The van der Waals surface area contributed by atoms with Crippen molar-refractivity contribution in [3.63, 3.8) is 0 Å². The Kier molecular flexibility index (Phi) is 5.38. The van der Waals surface area contributed by atoms with Gasteiger partial charge in [0.05, 0.1) is 11.5 Å². The molecule has 0 saturated carbocycles. The molecule has 10 heteroatoms. The lowest BCUT2D eigenvalue weighted by Crippen LogP contribution is -2.44. The lowest BCUT2D eigenvalue weighted by molar-refractivity contribution is -0.387. The molecule has 0 aliphatic carbocycles. The second kappa shape index (κ2) is 7.57. The number of hydrogen-bond acceptors (Lipinski definition) is 7. The van der Waals surface area contributed by atoms with Gasteiger partial charge >= 0.3 is 6.01 Å². The second-order valence-corrected chi connectivity index (χ2v) is 8.31. The number of nitro groups is 1. The monoisotopic (exact) mass is 392 g/mol. The Balaban J connectivity index is 1.82. The molecule has 0 amide bonds. The van der Waals surface area contributed by atoms with E-state index in [1.54, 1.807) is 0 Å². The number of benzene rings is 1. The molecule has 0 radical (unpaired) electrons. The van der Waals surface area contributed by atoms with Crippen LogP contribution in [0.25, 0.3) is 0 Å². The number of sulfonamides is 1. The number of hydrogen-bond donors (Lipinski definition) is 0. The zero-order chi connectivity index (χ0) is 19.6. The topological polar surface area (TPSA) is 116 Å². The van der Waals surface area contributed by atoms with Gasteiger partial charge < -0.3 is 4.74 Å². The summed E-state index contributed by atoms with van der Waals surface area (Å²) in [6.07, 6.45) is 0.812. The average molecular weight is 392 g/mol. The van der Waals surface area contributed by atoms with E-state index in [2.05, 4.69) is 9.97 Å². The fourth-order valence-corrected chi connectivity index (χ4v) is 4.75. The largest absolute Gasteiger partial charge is 0.459 e. The van der Waals surface area contributed by atoms with E-state index in [1.807, 2.05) is 19.9 Å². The fourth-order valence-electron chi connectivity index (χ4n) is 3.08. The first-order chi connectivity index (χ1) is 12.8. The molecule has 1 aliphatic heterocycles. The van der Waals surface area contributed by atoms with Gasteiger partial charge in [-0.05, 0) is 38.8 Å². The third-order valence-corrected chi connectivity index (χ3v) is 6.17. The van der Waals surface area contributed by atoms with E-state index in [4.69, 9.17) is 4.74 Å². The van der Waals surface area contributed by atoms with Crippen LogP contribution in [-0.4, -0.2) is 46.8 Å². The van der Waals surface area contributed by atoms with E-state index in [0.717, 1.165) is 11.4 Å². The van der Waals surface area contributed by atoms with Crippen LogP contribution >= 0.6 is 0 Å². The van der Waals surface area contributed by atoms with E-state index >= 15 is 0 Å². The van der Waals surface area contributed by atoms with Crippen LogP contribution < -0.4 is 4.74 Å². The quantitative estimate of drug-likeness (QED) is 0.566. The van der Waals surface area contributed by atoms with Gasteiger partial charge in [0, 0.05) is 24.0 Å². The molecule has 0 N–H and O–H groups in total. The summed E-state index contributed by atoms with van der Waals surface area (Å²) in [7, 11) is -4.01. The molecular weight excluding hydrogens is 372 g/mol. The van der Waals surface area contributed by atoms with Crippen molar-refractivity contribution >= 4 is 15.7 Å². The van der Waals surface area contributed by atoms with Crippen LogP contribution in [0, 0.1) is 24.0 Å². The molecule has 0 spiro atoms. The molecule has 1 atom stereocenters. The van der Waals surface area contributed by atoms with E-state index < -0.39 is 26.7 Å². The zero-order valence-corrected chi connectivity index (χ0v) is 15.8. The summed E-state index contributed by atoms with van der Waals surface area (Å²) in [6, 6.07) is 7.39. The van der Waals surface area contributed by atoms with Gasteiger partial charge in [0.25, 0.3) is 5.69 Å². The molecule has 1 aliphatic rings. The minimum absolute atomic E-state index is 0.0880. The predicted octanol–water partition coefficient (Wildman–Crippen LogP) is 2.23. The highest BCUT2D eigenvalue weighted by Gasteiger charge is 2.35. The average Bonchev–Trinajstić information content (AvgIpc) is 2.61. The van der Waals surface area contributed by atoms with Crippen molar-refractivity contribution in [2.24, 2.45) is 0 Å². The number of rotatable bonds is 5. The minimum Gasteiger partial charge on any atom is -0.459 e. The molecule has 1 saturated heterocycles. The van der Waals surface area contributed by atoms with Crippen LogP contribution in [0.4, 0.5) is 5.69 Å². The Morgan fingerprint density at radius 2 is 1.89 bits per heavy atom. The second-order valence-electron chi connectivity index (χ2n) is 6.40. The number of aryl methyl sites for hydroxylation is 2. The van der Waals surface area contributed by atoms with Gasteiger partial charge in [-0.25, -0.2) is 18.4 Å². The summed E-state index contributed by atoms with van der Waals surface area (Å²) in [5.74, 6) is 0. The lowest BCUT2D eigenvalue weighted by atomic mass is 10.1. The Bertz CT molecular complexity index is 943. The van der Waals surface area contributed by atoms with Crippen LogP contribution in [0.15, 0.2) is 35.2 Å². The van der Waals surface area contributed by atoms with Gasteiger partial charge in [0.2, 0.25) is 10.0 Å². The zero-order valence-electron chi connectivity index (χ0n) is 15.0. The predicted molar refractivity (Wildman–Crippen MR) is 97.0 cm³/mol. The first-order valence-corrected chi connectivity index (χ1v) is 9.94. The smallest absolute Gasteiger partial charge is 0.317 e. The molecule has 1 aromatic heterocycles. The number of nitrogens with zero attached hydrogens (tertiary/aromatic N) is 4. The molecule has 144 valence electrons. The molecule has 0 bridgehead atoms. The number of aromatic nitrogens is 2. The van der Waals surface area contributed by atoms with Crippen molar-refractivity contribution < 1.29 is 18.1 Å². The van der Waals surface area contributed by atoms with Crippen LogP contribution in [0.3, 0.4) is 0 Å². The summed E-state index contributed by atoms with van der Waals surface area (Å²) >= 11 is 0. The first kappa shape index (κ1) is 19.2. The molecule has 1 aromatic carbocycles. The van der Waals surface area contributed by atoms with Crippen LogP contribution in [-0.2, 0) is 10.0 Å². The van der Waals surface area contributed by atoms with Gasteiger partial charge in [-0.15, -0.1) is 0 Å². The molecule has 27 heavy (non-hydrogen) atoms. The van der Waals surface area contributed by atoms with Crippen molar-refractivity contribution in [1.82, 2.24) is 14.3 Å². The van der Waals surface area contributed by atoms with E-state index in [0.29, 0.717) is 12.8 Å². The number of piperidine rings is 1. The normalized spacial score (nSPS) is 18.2. The van der Waals surface area contributed by atoms with Crippen molar-refractivity contribution in [2.45, 2.75) is 37.7 Å². The van der Waals surface area contributed by atoms with Gasteiger partial charge in [-0.2, -0.15) is 4.31 Å².